The maximum atomic E-state index is 11.7. The topological polar surface area (TPSA) is 88.2 Å². The molecule has 0 aliphatic carbocycles. The van der Waals surface area contributed by atoms with E-state index in [2.05, 4.69) is 15.0 Å². The molecular formula is C12H19N3O3S. The van der Waals surface area contributed by atoms with Gasteiger partial charge in [-0.25, -0.2) is 13.1 Å². The second-order valence-electron chi connectivity index (χ2n) is 4.38. The molecule has 7 heteroatoms. The number of hydrogen-bond donors (Lipinski definition) is 2. The standard InChI is InChI=1S/C12H19N3O3S/c1-4-10(11-7-9(2)5-6-13-11)15-12(16)8-14-19(3,17)18/h5-7,10,14H,4,8H2,1-3H3,(H,15,16). The number of hydrogen-bond acceptors (Lipinski definition) is 4. The van der Waals surface area contributed by atoms with Crippen molar-refractivity contribution in [1.29, 1.82) is 0 Å². The molecule has 0 saturated carbocycles. The number of carbonyl (C=O) groups is 1. The number of amides is 1. The highest BCUT2D eigenvalue weighted by molar-refractivity contribution is 7.88. The van der Waals surface area contributed by atoms with Gasteiger partial charge in [-0.05, 0) is 31.0 Å². The largest absolute Gasteiger partial charge is 0.347 e. The number of sulfonamides is 1. The van der Waals surface area contributed by atoms with Crippen LogP contribution in [-0.2, 0) is 14.8 Å². The summed E-state index contributed by atoms with van der Waals surface area (Å²) in [5, 5.41) is 2.75. The van der Waals surface area contributed by atoms with Crippen LogP contribution in [0.2, 0.25) is 0 Å². The van der Waals surface area contributed by atoms with Gasteiger partial charge in [0.2, 0.25) is 15.9 Å². The van der Waals surface area contributed by atoms with Crippen molar-refractivity contribution in [3.05, 3.63) is 29.6 Å². The molecule has 0 spiro atoms. The summed E-state index contributed by atoms with van der Waals surface area (Å²) in [5.74, 6) is -0.374. The van der Waals surface area contributed by atoms with Crippen LogP contribution < -0.4 is 10.0 Å². The Kier molecular flexibility index (Phi) is 5.44. The number of aromatic nitrogens is 1. The van der Waals surface area contributed by atoms with Gasteiger partial charge >= 0.3 is 0 Å². The van der Waals surface area contributed by atoms with Crippen molar-refractivity contribution >= 4 is 15.9 Å². The summed E-state index contributed by atoms with van der Waals surface area (Å²) in [4.78, 5) is 15.9. The fourth-order valence-corrected chi connectivity index (χ4v) is 1.97. The molecule has 0 radical (unpaired) electrons. The van der Waals surface area contributed by atoms with E-state index in [9.17, 15) is 13.2 Å². The number of nitrogens with one attached hydrogen (secondary N) is 2. The Morgan fingerprint density at radius 3 is 2.68 bits per heavy atom. The molecule has 0 aromatic carbocycles. The summed E-state index contributed by atoms with van der Waals surface area (Å²) in [6.45, 7) is 3.62. The van der Waals surface area contributed by atoms with Crippen molar-refractivity contribution in [3.8, 4) is 0 Å². The van der Waals surface area contributed by atoms with Crippen molar-refractivity contribution in [2.45, 2.75) is 26.3 Å². The van der Waals surface area contributed by atoms with Crippen LogP contribution in [0.1, 0.15) is 30.6 Å². The Morgan fingerprint density at radius 2 is 2.16 bits per heavy atom. The Balaban J connectivity index is 2.65. The molecule has 1 rings (SSSR count). The zero-order valence-corrected chi connectivity index (χ0v) is 12.1. The molecule has 2 N–H and O–H groups in total. The zero-order valence-electron chi connectivity index (χ0n) is 11.3. The van der Waals surface area contributed by atoms with Crippen LogP contribution in [0.3, 0.4) is 0 Å². The van der Waals surface area contributed by atoms with Crippen LogP contribution in [0.25, 0.3) is 0 Å². The molecule has 1 unspecified atom stereocenters. The summed E-state index contributed by atoms with van der Waals surface area (Å²) in [6, 6.07) is 3.57. The molecule has 1 atom stereocenters. The first-order valence-corrected chi connectivity index (χ1v) is 7.87. The minimum atomic E-state index is -3.36. The van der Waals surface area contributed by atoms with E-state index < -0.39 is 10.0 Å². The van der Waals surface area contributed by atoms with Gasteiger partial charge in [-0.15, -0.1) is 0 Å². The van der Waals surface area contributed by atoms with Crippen LogP contribution >= 0.6 is 0 Å². The van der Waals surface area contributed by atoms with Crippen LogP contribution in [0.5, 0.6) is 0 Å². The number of carbonyl (C=O) groups excluding carboxylic acids is 1. The second kappa shape index (κ2) is 6.63. The predicted molar refractivity (Wildman–Crippen MR) is 73.0 cm³/mol. The highest BCUT2D eigenvalue weighted by atomic mass is 32.2. The van der Waals surface area contributed by atoms with Gasteiger partial charge in [0.25, 0.3) is 0 Å². The molecule has 6 nitrogen and oxygen atoms in total. The lowest BCUT2D eigenvalue weighted by Crippen LogP contribution is -2.38. The van der Waals surface area contributed by atoms with E-state index in [4.69, 9.17) is 0 Å². The summed E-state index contributed by atoms with van der Waals surface area (Å²) >= 11 is 0. The van der Waals surface area contributed by atoms with Gasteiger partial charge in [-0.3, -0.25) is 9.78 Å². The first kappa shape index (κ1) is 15.6. The Labute approximate surface area is 113 Å². The zero-order chi connectivity index (χ0) is 14.5. The molecule has 1 aromatic heterocycles. The Hall–Kier alpha value is -1.47. The predicted octanol–water partition coefficient (Wildman–Crippen LogP) is 0.507. The lowest BCUT2D eigenvalue weighted by Gasteiger charge is -2.17. The van der Waals surface area contributed by atoms with Gasteiger partial charge < -0.3 is 5.32 Å². The number of nitrogens with zero attached hydrogens (tertiary/aromatic N) is 1. The summed E-state index contributed by atoms with van der Waals surface area (Å²) in [7, 11) is -3.36. The minimum Gasteiger partial charge on any atom is -0.347 e. The third kappa shape index (κ3) is 5.80. The number of pyridine rings is 1. The molecule has 1 aromatic rings. The highest BCUT2D eigenvalue weighted by Gasteiger charge is 2.14. The van der Waals surface area contributed by atoms with Gasteiger partial charge in [0.1, 0.15) is 0 Å². The quantitative estimate of drug-likeness (QED) is 0.797. The molecular weight excluding hydrogens is 266 g/mol. The van der Waals surface area contributed by atoms with Gasteiger partial charge in [0, 0.05) is 6.20 Å². The lowest BCUT2D eigenvalue weighted by atomic mass is 10.1. The average molecular weight is 285 g/mol. The minimum absolute atomic E-state index is 0.214. The van der Waals surface area contributed by atoms with Gasteiger partial charge in [-0.2, -0.15) is 0 Å². The summed E-state index contributed by atoms with van der Waals surface area (Å²) in [5.41, 5.74) is 1.84. The number of aryl methyl sites for hydroxylation is 1. The molecule has 106 valence electrons. The van der Waals surface area contributed by atoms with Crippen LogP contribution in [0.4, 0.5) is 0 Å². The Morgan fingerprint density at radius 1 is 1.47 bits per heavy atom. The lowest BCUT2D eigenvalue weighted by molar-refractivity contribution is -0.120. The molecule has 19 heavy (non-hydrogen) atoms. The fraction of sp³-hybridized carbons (Fsp3) is 0.500. The molecule has 1 heterocycles. The average Bonchev–Trinajstić information content (AvgIpc) is 2.32. The van der Waals surface area contributed by atoms with Gasteiger partial charge in [-0.1, -0.05) is 6.92 Å². The number of rotatable bonds is 6. The third-order valence-corrected chi connectivity index (χ3v) is 3.20. The fourth-order valence-electron chi connectivity index (χ4n) is 1.58. The monoisotopic (exact) mass is 285 g/mol. The highest BCUT2D eigenvalue weighted by Crippen LogP contribution is 2.14. The van der Waals surface area contributed by atoms with Crippen molar-refractivity contribution in [3.63, 3.8) is 0 Å². The second-order valence-corrected chi connectivity index (χ2v) is 6.21. The maximum absolute atomic E-state index is 11.7. The van der Waals surface area contributed by atoms with Crippen LogP contribution in [0, 0.1) is 6.92 Å². The van der Waals surface area contributed by atoms with E-state index in [0.717, 1.165) is 17.5 Å². The molecule has 0 aliphatic heterocycles. The van der Waals surface area contributed by atoms with E-state index >= 15 is 0 Å². The Bertz CT molecular complexity index is 543. The normalized spacial score (nSPS) is 13.0. The molecule has 0 fully saturated rings. The molecule has 0 bridgehead atoms. The van der Waals surface area contributed by atoms with E-state index in [1.807, 2.05) is 26.0 Å². The van der Waals surface area contributed by atoms with E-state index in [1.54, 1.807) is 6.20 Å². The smallest absolute Gasteiger partial charge is 0.235 e. The van der Waals surface area contributed by atoms with Crippen LogP contribution in [0.15, 0.2) is 18.3 Å². The van der Waals surface area contributed by atoms with Gasteiger partial charge in [0.15, 0.2) is 0 Å². The van der Waals surface area contributed by atoms with E-state index in [0.29, 0.717) is 6.42 Å². The first-order valence-electron chi connectivity index (χ1n) is 5.98. The summed E-state index contributed by atoms with van der Waals surface area (Å²) in [6.07, 6.45) is 3.38. The molecule has 0 saturated heterocycles. The molecule has 0 aliphatic rings. The van der Waals surface area contributed by atoms with Crippen molar-refractivity contribution < 1.29 is 13.2 Å². The van der Waals surface area contributed by atoms with Crippen molar-refractivity contribution in [1.82, 2.24) is 15.0 Å². The van der Waals surface area contributed by atoms with Gasteiger partial charge in [0.05, 0.1) is 24.5 Å². The van der Waals surface area contributed by atoms with E-state index in [-0.39, 0.29) is 18.5 Å². The molecule has 1 amide bonds. The first-order chi connectivity index (χ1) is 8.81. The van der Waals surface area contributed by atoms with Crippen molar-refractivity contribution in [2.75, 3.05) is 12.8 Å². The summed E-state index contributed by atoms with van der Waals surface area (Å²) < 4.78 is 24.0. The SMILES string of the molecule is CCC(NC(=O)CNS(C)(=O)=O)c1cc(C)ccn1. The third-order valence-electron chi connectivity index (χ3n) is 2.53. The van der Waals surface area contributed by atoms with Crippen LogP contribution in [-0.4, -0.2) is 32.1 Å². The maximum Gasteiger partial charge on any atom is 0.235 e. The van der Waals surface area contributed by atoms with Crippen molar-refractivity contribution in [2.24, 2.45) is 0 Å². The van der Waals surface area contributed by atoms with E-state index in [1.165, 1.54) is 0 Å².